The second kappa shape index (κ2) is 6.75. The van der Waals surface area contributed by atoms with E-state index in [1.165, 1.54) is 0 Å². The summed E-state index contributed by atoms with van der Waals surface area (Å²) in [5.74, 6) is -1.33. The second-order valence-electron chi connectivity index (χ2n) is 5.52. The molecule has 1 aliphatic heterocycles. The molecule has 0 bridgehead atoms. The van der Waals surface area contributed by atoms with Crippen LogP contribution in [0.25, 0.3) is 0 Å². The minimum absolute atomic E-state index is 0.105. The van der Waals surface area contributed by atoms with Crippen molar-refractivity contribution in [2.75, 3.05) is 5.01 Å². The number of carbonyl (C=O) groups is 1. The molecule has 4 nitrogen and oxygen atoms in total. The van der Waals surface area contributed by atoms with Crippen LogP contribution in [0.15, 0.2) is 52.0 Å². The minimum Gasteiger partial charge on any atom is -0.477 e. The fourth-order valence-corrected chi connectivity index (χ4v) is 3.59. The van der Waals surface area contributed by atoms with E-state index in [1.54, 1.807) is 23.2 Å². The molecule has 0 spiro atoms. The van der Waals surface area contributed by atoms with Gasteiger partial charge in [0.15, 0.2) is 5.71 Å². The van der Waals surface area contributed by atoms with Gasteiger partial charge in [-0.05, 0) is 35.9 Å². The van der Waals surface area contributed by atoms with Crippen LogP contribution in [0.2, 0.25) is 10.0 Å². The van der Waals surface area contributed by atoms with Crippen LogP contribution in [0.1, 0.15) is 18.5 Å². The summed E-state index contributed by atoms with van der Waals surface area (Å²) in [7, 11) is 0. The summed E-state index contributed by atoms with van der Waals surface area (Å²) in [5.41, 5.74) is 1.68. The first-order valence-corrected chi connectivity index (χ1v) is 8.75. The molecule has 1 aliphatic rings. The standard InChI is InChI=1S/C17H13BrCl2N2O2/c1-9-15(17(23)24)21-22(14-7-6-12(19)8-13(14)20)16(9)10-2-4-11(18)5-3-10/h2-9,16H,1H3,(H,23,24)/t9-,16+/m1/s1. The predicted molar refractivity (Wildman–Crippen MR) is 100 cm³/mol. The lowest BCUT2D eigenvalue weighted by Crippen LogP contribution is -2.26. The summed E-state index contributed by atoms with van der Waals surface area (Å²) in [6.07, 6.45) is 0. The van der Waals surface area contributed by atoms with Crippen molar-refractivity contribution >= 4 is 56.5 Å². The van der Waals surface area contributed by atoms with Crippen molar-refractivity contribution in [1.82, 2.24) is 0 Å². The number of hydrogen-bond donors (Lipinski definition) is 1. The Bertz CT molecular complexity index is 824. The van der Waals surface area contributed by atoms with Crippen molar-refractivity contribution in [2.24, 2.45) is 11.0 Å². The number of carboxylic acids is 1. The highest BCUT2D eigenvalue weighted by Gasteiger charge is 2.39. The van der Waals surface area contributed by atoms with Gasteiger partial charge in [-0.2, -0.15) is 5.10 Å². The monoisotopic (exact) mass is 426 g/mol. The van der Waals surface area contributed by atoms with Gasteiger partial charge in [0.2, 0.25) is 0 Å². The van der Waals surface area contributed by atoms with Crippen LogP contribution in [0.3, 0.4) is 0 Å². The van der Waals surface area contributed by atoms with Crippen molar-refractivity contribution in [3.63, 3.8) is 0 Å². The zero-order chi connectivity index (χ0) is 17.4. The van der Waals surface area contributed by atoms with E-state index in [1.807, 2.05) is 31.2 Å². The molecule has 124 valence electrons. The van der Waals surface area contributed by atoms with Crippen molar-refractivity contribution in [3.05, 3.63) is 62.5 Å². The number of anilines is 1. The van der Waals surface area contributed by atoms with Gasteiger partial charge >= 0.3 is 5.97 Å². The lowest BCUT2D eigenvalue weighted by molar-refractivity contribution is -0.129. The van der Waals surface area contributed by atoms with E-state index in [-0.39, 0.29) is 17.7 Å². The Morgan fingerprint density at radius 2 is 1.88 bits per heavy atom. The number of aliphatic carboxylic acids is 1. The van der Waals surface area contributed by atoms with Gasteiger partial charge in [0.05, 0.1) is 16.8 Å². The molecule has 0 aliphatic carbocycles. The zero-order valence-electron chi connectivity index (χ0n) is 12.6. The lowest BCUT2D eigenvalue weighted by Gasteiger charge is -2.27. The van der Waals surface area contributed by atoms with Gasteiger partial charge in [0.1, 0.15) is 0 Å². The van der Waals surface area contributed by atoms with E-state index in [0.717, 1.165) is 10.0 Å². The van der Waals surface area contributed by atoms with E-state index < -0.39 is 5.97 Å². The molecule has 0 amide bonds. The third-order valence-electron chi connectivity index (χ3n) is 3.97. The number of hydrogen-bond acceptors (Lipinski definition) is 3. The second-order valence-corrected chi connectivity index (χ2v) is 7.28. The molecule has 0 fully saturated rings. The van der Waals surface area contributed by atoms with Crippen LogP contribution in [-0.2, 0) is 4.79 Å². The number of halogens is 3. The molecule has 0 saturated carbocycles. The highest BCUT2D eigenvalue weighted by molar-refractivity contribution is 9.10. The quantitative estimate of drug-likeness (QED) is 0.713. The third kappa shape index (κ3) is 3.16. The molecule has 0 aromatic heterocycles. The van der Waals surface area contributed by atoms with E-state index in [2.05, 4.69) is 21.0 Å². The van der Waals surface area contributed by atoms with E-state index in [0.29, 0.717) is 15.7 Å². The Labute approximate surface area is 157 Å². The van der Waals surface area contributed by atoms with Crippen LogP contribution in [-0.4, -0.2) is 16.8 Å². The minimum atomic E-state index is -1.03. The molecule has 0 unspecified atom stereocenters. The molecule has 3 rings (SSSR count). The predicted octanol–water partition coefficient (Wildman–Crippen LogP) is 5.39. The maximum Gasteiger partial charge on any atom is 0.352 e. The smallest absolute Gasteiger partial charge is 0.352 e. The third-order valence-corrected chi connectivity index (χ3v) is 5.04. The summed E-state index contributed by atoms with van der Waals surface area (Å²) in [5, 5.41) is 16.4. The van der Waals surface area contributed by atoms with E-state index in [9.17, 15) is 9.90 Å². The normalized spacial score (nSPS) is 20.2. The van der Waals surface area contributed by atoms with Crippen molar-refractivity contribution in [1.29, 1.82) is 0 Å². The van der Waals surface area contributed by atoms with Gasteiger partial charge in [-0.15, -0.1) is 0 Å². The molecular weight excluding hydrogens is 415 g/mol. The van der Waals surface area contributed by atoms with Crippen LogP contribution >= 0.6 is 39.1 Å². The molecule has 24 heavy (non-hydrogen) atoms. The summed E-state index contributed by atoms with van der Waals surface area (Å²) in [6.45, 7) is 1.85. The number of carboxylic acid groups (broad SMARTS) is 1. The highest BCUT2D eigenvalue weighted by Crippen LogP contribution is 2.42. The summed E-state index contributed by atoms with van der Waals surface area (Å²) in [4.78, 5) is 11.5. The average Bonchev–Trinajstić information content (AvgIpc) is 2.86. The van der Waals surface area contributed by atoms with Crippen LogP contribution in [0.5, 0.6) is 0 Å². The number of hydrazone groups is 1. The summed E-state index contributed by atoms with van der Waals surface area (Å²) >= 11 is 15.7. The average molecular weight is 428 g/mol. The van der Waals surface area contributed by atoms with Gasteiger partial charge in [0.25, 0.3) is 0 Å². The number of rotatable bonds is 3. The van der Waals surface area contributed by atoms with Crippen LogP contribution in [0.4, 0.5) is 5.69 Å². The lowest BCUT2D eigenvalue weighted by atomic mass is 9.91. The Kier molecular flexibility index (Phi) is 4.85. The van der Waals surface area contributed by atoms with Gasteiger partial charge in [0, 0.05) is 15.4 Å². The molecular formula is C17H13BrCl2N2O2. The molecule has 2 aromatic rings. The SMILES string of the molecule is C[C@@H]1C(C(=O)O)=NN(c2ccc(Cl)cc2Cl)[C@@H]1c1ccc(Br)cc1. The zero-order valence-corrected chi connectivity index (χ0v) is 15.7. The summed E-state index contributed by atoms with van der Waals surface area (Å²) < 4.78 is 0.951. The van der Waals surface area contributed by atoms with Crippen molar-refractivity contribution < 1.29 is 9.90 Å². The van der Waals surface area contributed by atoms with Gasteiger partial charge in [-0.3, -0.25) is 5.01 Å². The van der Waals surface area contributed by atoms with E-state index >= 15 is 0 Å². The molecule has 1 N–H and O–H groups in total. The first-order chi connectivity index (χ1) is 11.4. The Morgan fingerprint density at radius 1 is 1.21 bits per heavy atom. The van der Waals surface area contributed by atoms with Gasteiger partial charge in [-0.25, -0.2) is 4.79 Å². The maximum atomic E-state index is 11.5. The summed E-state index contributed by atoms with van der Waals surface area (Å²) in [6, 6.07) is 12.5. The first kappa shape index (κ1) is 17.3. The maximum absolute atomic E-state index is 11.5. The highest BCUT2D eigenvalue weighted by atomic mass is 79.9. The largest absolute Gasteiger partial charge is 0.477 e. The van der Waals surface area contributed by atoms with Crippen molar-refractivity contribution in [3.8, 4) is 0 Å². The molecule has 7 heteroatoms. The topological polar surface area (TPSA) is 52.9 Å². The van der Waals surface area contributed by atoms with Gasteiger partial charge in [-0.1, -0.05) is 58.2 Å². The fraction of sp³-hybridized carbons (Fsp3) is 0.176. The van der Waals surface area contributed by atoms with E-state index in [4.69, 9.17) is 23.2 Å². The van der Waals surface area contributed by atoms with Crippen LogP contribution in [0, 0.1) is 5.92 Å². The Hall–Kier alpha value is -1.56. The molecule has 0 radical (unpaired) electrons. The van der Waals surface area contributed by atoms with Crippen molar-refractivity contribution in [2.45, 2.75) is 13.0 Å². The van der Waals surface area contributed by atoms with Crippen LogP contribution < -0.4 is 5.01 Å². The number of benzene rings is 2. The fourth-order valence-electron chi connectivity index (χ4n) is 2.83. The molecule has 2 atom stereocenters. The first-order valence-electron chi connectivity index (χ1n) is 7.20. The molecule has 0 saturated heterocycles. The van der Waals surface area contributed by atoms with Gasteiger partial charge < -0.3 is 5.11 Å². The molecule has 2 aromatic carbocycles. The Balaban J connectivity index is 2.11. The Morgan fingerprint density at radius 3 is 2.46 bits per heavy atom. The number of nitrogens with zero attached hydrogens (tertiary/aromatic N) is 2. The molecule has 1 heterocycles.